The Morgan fingerprint density at radius 3 is 1.98 bits per heavy atom. The van der Waals surface area contributed by atoms with Gasteiger partial charge in [-0.15, -0.1) is 0 Å². The van der Waals surface area contributed by atoms with Crippen LogP contribution in [0.2, 0.25) is 5.82 Å². The molecule has 64 heavy (non-hydrogen) atoms. The molecule has 0 aromatic heterocycles. The fourth-order valence-corrected chi connectivity index (χ4v) is 10.1. The Bertz CT molecular complexity index is 1880. The molecule has 3 saturated carbocycles. The number of rotatable bonds is 27. The molecule has 13 nitrogen and oxygen atoms in total. The molecule has 2 bridgehead atoms. The minimum absolute atomic E-state index is 0.00881. The SMILES string of the molecule is CCCCc1ccc(-c2ccc(C(=O)NCCCC[C@H](NC(=O)[C@@H](N)CCN)C(=O)C[C@@H](C)C(=O)N[C@@H](CCCCN)C(=O)C[C@@H](C)B3OC4C[C@@H]5C[C@@H](C5(C)C)[C@]4(C)O3)cc2)cc1. The molecule has 0 radical (unpaired) electrons. The molecule has 9 atom stereocenters. The van der Waals surface area contributed by atoms with Crippen LogP contribution < -0.4 is 33.2 Å². The quantitative estimate of drug-likeness (QED) is 0.0451. The van der Waals surface area contributed by atoms with Crippen LogP contribution in [0.1, 0.15) is 141 Å². The first-order chi connectivity index (χ1) is 30.5. The predicted octanol–water partition coefficient (Wildman–Crippen LogP) is 6.04. The number of hydrogen-bond acceptors (Lipinski definition) is 10. The summed E-state index contributed by atoms with van der Waals surface area (Å²) in [7, 11) is -0.506. The fourth-order valence-electron chi connectivity index (χ4n) is 10.1. The van der Waals surface area contributed by atoms with Gasteiger partial charge in [0.15, 0.2) is 11.6 Å². The van der Waals surface area contributed by atoms with Gasteiger partial charge in [0.05, 0.1) is 29.8 Å². The second-order valence-electron chi connectivity index (χ2n) is 19.8. The van der Waals surface area contributed by atoms with Gasteiger partial charge in [-0.05, 0) is 143 Å². The summed E-state index contributed by atoms with van der Waals surface area (Å²) >= 11 is 0. The summed E-state index contributed by atoms with van der Waals surface area (Å²) in [5.74, 6) is -1.50. The minimum Gasteiger partial charge on any atom is -0.405 e. The first-order valence-electron chi connectivity index (χ1n) is 24.1. The van der Waals surface area contributed by atoms with Crippen molar-refractivity contribution in [3.63, 3.8) is 0 Å². The lowest BCUT2D eigenvalue weighted by Crippen LogP contribution is -2.65. The van der Waals surface area contributed by atoms with Crippen molar-refractivity contribution in [2.75, 3.05) is 19.6 Å². The molecule has 14 heteroatoms. The summed E-state index contributed by atoms with van der Waals surface area (Å²) in [6.07, 6.45) is 8.91. The van der Waals surface area contributed by atoms with E-state index in [0.29, 0.717) is 62.6 Å². The molecule has 4 fully saturated rings. The topological polar surface area (TPSA) is 218 Å². The number of benzene rings is 2. The van der Waals surface area contributed by atoms with E-state index in [1.54, 1.807) is 6.92 Å². The van der Waals surface area contributed by atoms with Gasteiger partial charge in [0.1, 0.15) is 0 Å². The van der Waals surface area contributed by atoms with Gasteiger partial charge in [-0.1, -0.05) is 77.4 Å². The van der Waals surface area contributed by atoms with Crippen LogP contribution in [0.25, 0.3) is 11.1 Å². The van der Waals surface area contributed by atoms with Crippen molar-refractivity contribution >= 4 is 36.4 Å². The number of unbranched alkanes of at least 4 members (excludes halogenated alkanes) is 3. The third kappa shape index (κ3) is 12.9. The molecule has 9 N–H and O–H groups in total. The van der Waals surface area contributed by atoms with E-state index in [1.807, 2.05) is 31.2 Å². The normalized spacial score (nSPS) is 23.1. The van der Waals surface area contributed by atoms with Gasteiger partial charge in [-0.2, -0.15) is 0 Å². The number of aryl methyl sites for hydroxylation is 1. The van der Waals surface area contributed by atoms with Crippen molar-refractivity contribution < 1.29 is 33.3 Å². The Morgan fingerprint density at radius 1 is 0.766 bits per heavy atom. The monoisotopic (exact) mass is 885 g/mol. The van der Waals surface area contributed by atoms with Gasteiger partial charge >= 0.3 is 7.12 Å². The van der Waals surface area contributed by atoms with E-state index in [2.05, 4.69) is 67.9 Å². The molecule has 352 valence electrons. The summed E-state index contributed by atoms with van der Waals surface area (Å²) in [4.78, 5) is 67.3. The molecule has 0 spiro atoms. The molecule has 2 aromatic rings. The Balaban J connectivity index is 1.11. The van der Waals surface area contributed by atoms with E-state index in [1.165, 1.54) is 5.56 Å². The van der Waals surface area contributed by atoms with Crippen molar-refractivity contribution in [3.8, 4) is 11.1 Å². The number of carbonyl (C=O) groups excluding carboxylic acids is 5. The number of Topliss-reactive ketones (excluding diaryl/α,β-unsaturated/α-hetero) is 2. The van der Waals surface area contributed by atoms with Crippen molar-refractivity contribution in [1.29, 1.82) is 0 Å². The standard InChI is InChI=1S/C50H77BN6O7/c1-7-8-13-34-16-18-35(19-17-34)36-20-22-37(23-21-36)47(61)55-27-12-10-15-40(57-48(62)39(54)24-26-53)42(58)28-32(2)46(60)56-41(14-9-11-25-52)43(59)29-33(3)51-63-45-31-38-30-44(49(38,4)5)50(45,6)64-51/h16-23,32-33,38-41,44-45H,7-15,24-31,52-54H2,1-6H3,(H,55,61)(H,56,60)(H,57,62)/t32-,33-,38+,39+,40+,41+,44+,45?,50+/m1/s1. The summed E-state index contributed by atoms with van der Waals surface area (Å²) in [5.41, 5.74) is 21.3. The van der Waals surface area contributed by atoms with E-state index >= 15 is 0 Å². The van der Waals surface area contributed by atoms with Crippen LogP contribution in [0.3, 0.4) is 0 Å². The van der Waals surface area contributed by atoms with Gasteiger partial charge in [0, 0.05) is 30.9 Å². The molecule has 4 aliphatic rings. The Hall–Kier alpha value is -3.95. The highest BCUT2D eigenvalue weighted by molar-refractivity contribution is 6.47. The predicted molar refractivity (Wildman–Crippen MR) is 253 cm³/mol. The average molecular weight is 885 g/mol. The molecular formula is C50H77BN6O7. The number of amides is 3. The van der Waals surface area contributed by atoms with Gasteiger partial charge in [-0.25, -0.2) is 0 Å². The van der Waals surface area contributed by atoms with Crippen molar-refractivity contribution in [2.45, 2.75) is 167 Å². The van der Waals surface area contributed by atoms with Crippen LogP contribution >= 0.6 is 0 Å². The van der Waals surface area contributed by atoms with Gasteiger partial charge in [-0.3, -0.25) is 24.0 Å². The summed E-state index contributed by atoms with van der Waals surface area (Å²) in [6.45, 7) is 13.6. The molecule has 1 unspecified atom stereocenters. The highest BCUT2D eigenvalue weighted by atomic mass is 16.7. The minimum atomic E-state index is -0.896. The third-order valence-electron chi connectivity index (χ3n) is 14.5. The third-order valence-corrected chi connectivity index (χ3v) is 14.5. The molecule has 1 saturated heterocycles. The van der Waals surface area contributed by atoms with E-state index in [9.17, 15) is 24.0 Å². The maximum absolute atomic E-state index is 13.9. The second-order valence-corrected chi connectivity index (χ2v) is 19.8. The number of hydrogen-bond donors (Lipinski definition) is 6. The van der Waals surface area contributed by atoms with Crippen LogP contribution in [-0.2, 0) is 34.9 Å². The summed E-state index contributed by atoms with van der Waals surface area (Å²) < 4.78 is 13.1. The Morgan fingerprint density at radius 2 is 1.38 bits per heavy atom. The zero-order chi connectivity index (χ0) is 46.6. The molecule has 2 aromatic carbocycles. The van der Waals surface area contributed by atoms with Crippen LogP contribution in [0, 0.1) is 23.2 Å². The van der Waals surface area contributed by atoms with Crippen LogP contribution in [0.15, 0.2) is 48.5 Å². The lowest BCUT2D eigenvalue weighted by Gasteiger charge is -2.64. The van der Waals surface area contributed by atoms with Crippen LogP contribution in [0.5, 0.6) is 0 Å². The van der Waals surface area contributed by atoms with E-state index < -0.39 is 43.0 Å². The first kappa shape index (κ1) is 51.0. The Labute approximate surface area is 382 Å². The largest absolute Gasteiger partial charge is 0.461 e. The fraction of sp³-hybridized carbons (Fsp3) is 0.660. The number of nitrogens with two attached hydrogens (primary N) is 3. The molecule has 3 aliphatic carbocycles. The molecular weight excluding hydrogens is 807 g/mol. The van der Waals surface area contributed by atoms with E-state index in [0.717, 1.165) is 43.2 Å². The van der Waals surface area contributed by atoms with Crippen molar-refractivity contribution in [2.24, 2.45) is 40.4 Å². The van der Waals surface area contributed by atoms with E-state index in [4.69, 9.17) is 26.5 Å². The lowest BCUT2D eigenvalue weighted by atomic mass is 9.43. The van der Waals surface area contributed by atoms with Crippen molar-refractivity contribution in [3.05, 3.63) is 59.7 Å². The average Bonchev–Trinajstić information content (AvgIpc) is 3.65. The van der Waals surface area contributed by atoms with Crippen LogP contribution in [-0.4, -0.2) is 85.9 Å². The highest BCUT2D eigenvalue weighted by Gasteiger charge is 2.68. The number of carbonyl (C=O) groups is 5. The highest BCUT2D eigenvalue weighted by Crippen LogP contribution is 2.66. The smallest absolute Gasteiger partial charge is 0.405 e. The molecule has 6 rings (SSSR count). The maximum Gasteiger partial charge on any atom is 0.461 e. The molecule has 1 heterocycles. The first-order valence-corrected chi connectivity index (χ1v) is 24.1. The van der Waals surface area contributed by atoms with Crippen LogP contribution in [0.4, 0.5) is 0 Å². The summed E-state index contributed by atoms with van der Waals surface area (Å²) in [5, 5.41) is 8.71. The van der Waals surface area contributed by atoms with Crippen molar-refractivity contribution in [1.82, 2.24) is 16.0 Å². The van der Waals surface area contributed by atoms with Gasteiger partial charge in [0.25, 0.3) is 5.91 Å². The van der Waals surface area contributed by atoms with Gasteiger partial charge in [0.2, 0.25) is 11.8 Å². The zero-order valence-corrected chi connectivity index (χ0v) is 39.4. The maximum atomic E-state index is 13.9. The van der Waals surface area contributed by atoms with E-state index in [-0.39, 0.29) is 72.6 Å². The molecule has 3 amide bonds. The summed E-state index contributed by atoms with van der Waals surface area (Å²) in [6, 6.07) is 13.5. The number of ketones is 2. The number of nitrogens with one attached hydrogen (secondary N) is 3. The van der Waals surface area contributed by atoms with Gasteiger partial charge < -0.3 is 42.5 Å². The lowest BCUT2D eigenvalue weighted by molar-refractivity contribution is -0.199. The molecule has 1 aliphatic heterocycles. The Kier molecular flexibility index (Phi) is 18.7. The second kappa shape index (κ2) is 23.5. The zero-order valence-electron chi connectivity index (χ0n) is 39.4.